The third kappa shape index (κ3) is 14.9. The van der Waals surface area contributed by atoms with Gasteiger partial charge in [0.25, 0.3) is 5.91 Å². The van der Waals surface area contributed by atoms with E-state index in [0.29, 0.717) is 67.8 Å². The summed E-state index contributed by atoms with van der Waals surface area (Å²) < 4.78 is 16.2. The van der Waals surface area contributed by atoms with E-state index in [1.54, 1.807) is 29.9 Å². The number of fused-ring (bicyclic) bond motifs is 1. The number of carboxylic acids is 1. The third-order valence-electron chi connectivity index (χ3n) is 12.1. The van der Waals surface area contributed by atoms with E-state index in [0.717, 1.165) is 72.5 Å². The van der Waals surface area contributed by atoms with E-state index in [1.165, 1.54) is 17.5 Å². The first-order valence-corrected chi connectivity index (χ1v) is 24.4. The zero-order valence-electron chi connectivity index (χ0n) is 38.4. The largest absolute Gasteiger partial charge is 0.481 e. The highest BCUT2D eigenvalue weighted by atomic mass is 32.2. The molecule has 0 bridgehead atoms. The molecule has 354 valence electrons. The first-order chi connectivity index (χ1) is 32.7. The van der Waals surface area contributed by atoms with Crippen molar-refractivity contribution in [3.05, 3.63) is 143 Å². The molecule has 4 aromatic carbocycles. The van der Waals surface area contributed by atoms with Crippen molar-refractivity contribution in [2.75, 3.05) is 76.5 Å². The highest BCUT2D eigenvalue weighted by Gasteiger charge is 2.24. The Morgan fingerprint density at radius 2 is 1.58 bits per heavy atom. The summed E-state index contributed by atoms with van der Waals surface area (Å²) in [6, 6.07) is 34.0. The van der Waals surface area contributed by atoms with Crippen LogP contribution in [0.5, 0.6) is 0 Å². The number of aromatic nitrogens is 1. The van der Waals surface area contributed by atoms with Crippen molar-refractivity contribution in [3.8, 4) is 11.3 Å². The standard InChI is InChI=1S/C53H63N5O8S/c1-57(25-27-65-29-31-66-30-28-64-26-21-51(60)61)50(59)34-38-10-8-15-44(33-38)67-37-39-11-7-14-41(32-39)52(62)56-48-19-18-43(58-23-5-2-6-24-58)36-46(48)49-35-42(20-22-54-49)53(63)55-47-17-9-13-40-12-3-4-16-45(40)47/h3-4,7-8,10-12,14-16,18-20,22,32-33,35-36,47,53,55,63H,2,5-6,9,13,17,21,23-31,34,37H2,1H3,(H,56,62)(H,60,61)/t47-,53?/m0/s1. The number of aliphatic carboxylic acids is 1. The summed E-state index contributed by atoms with van der Waals surface area (Å²) in [7, 11) is 1.76. The molecule has 1 aromatic heterocycles. The number of nitrogens with zero attached hydrogens (tertiary/aromatic N) is 3. The van der Waals surface area contributed by atoms with Crippen LogP contribution in [0, 0.1) is 0 Å². The van der Waals surface area contributed by atoms with Gasteiger partial charge in [0.05, 0.1) is 63.9 Å². The smallest absolute Gasteiger partial charge is 0.305 e. The number of anilines is 2. The molecule has 2 aliphatic rings. The van der Waals surface area contributed by atoms with Crippen molar-refractivity contribution in [3.63, 3.8) is 0 Å². The van der Waals surface area contributed by atoms with Crippen LogP contribution in [0.2, 0.25) is 0 Å². The number of carboxylic acid groups (broad SMARTS) is 1. The first-order valence-electron chi connectivity index (χ1n) is 23.4. The molecule has 5 aromatic rings. The second-order valence-electron chi connectivity index (χ2n) is 17.0. The fourth-order valence-corrected chi connectivity index (χ4v) is 9.35. The number of amides is 2. The van der Waals surface area contributed by atoms with Gasteiger partial charge < -0.3 is 39.5 Å². The van der Waals surface area contributed by atoms with Gasteiger partial charge in [-0.15, -0.1) is 11.8 Å². The molecule has 1 aliphatic carbocycles. The summed E-state index contributed by atoms with van der Waals surface area (Å²) in [5.74, 6) is -0.502. The highest BCUT2D eigenvalue weighted by molar-refractivity contribution is 7.98. The van der Waals surface area contributed by atoms with Crippen LogP contribution in [0.25, 0.3) is 11.3 Å². The number of piperidine rings is 1. The number of likely N-dealkylation sites (N-methyl/N-ethyl adjacent to an activating group) is 1. The zero-order chi connectivity index (χ0) is 46.8. The molecule has 1 saturated heterocycles. The molecule has 2 atom stereocenters. The second-order valence-corrected chi connectivity index (χ2v) is 18.1. The highest BCUT2D eigenvalue weighted by Crippen LogP contribution is 2.35. The Balaban J connectivity index is 0.935. The number of hydrogen-bond acceptors (Lipinski definition) is 11. The van der Waals surface area contributed by atoms with Crippen LogP contribution in [-0.2, 0) is 42.4 Å². The SMILES string of the molecule is CN(CCOCCOCCOCCC(=O)O)C(=O)Cc1cccc(SCc2cccc(C(=O)Nc3ccc(N4CCCCC4)cc3-c3cc(C(O)N[C@H]4CCCc5ccccc54)ccn3)c2)c1. The Bertz CT molecular complexity index is 2410. The predicted molar refractivity (Wildman–Crippen MR) is 262 cm³/mol. The van der Waals surface area contributed by atoms with Gasteiger partial charge in [-0.25, -0.2) is 0 Å². The summed E-state index contributed by atoms with van der Waals surface area (Å²) in [6.45, 7) is 4.38. The van der Waals surface area contributed by atoms with E-state index in [1.807, 2.05) is 66.7 Å². The van der Waals surface area contributed by atoms with Gasteiger partial charge in [0.15, 0.2) is 0 Å². The van der Waals surface area contributed by atoms with Crippen molar-refractivity contribution in [1.29, 1.82) is 0 Å². The topological polar surface area (TPSA) is 163 Å². The summed E-state index contributed by atoms with van der Waals surface area (Å²) in [5, 5.41) is 26.8. The third-order valence-corrected chi connectivity index (χ3v) is 13.2. The molecule has 0 saturated carbocycles. The van der Waals surface area contributed by atoms with E-state index in [4.69, 9.17) is 24.3 Å². The number of thioether (sulfide) groups is 1. The van der Waals surface area contributed by atoms with Gasteiger partial charge in [0.1, 0.15) is 6.23 Å². The van der Waals surface area contributed by atoms with Gasteiger partial charge >= 0.3 is 5.97 Å². The van der Waals surface area contributed by atoms with Crippen molar-refractivity contribution in [2.45, 2.75) is 74.3 Å². The van der Waals surface area contributed by atoms with Crippen LogP contribution in [0.1, 0.15) is 89.0 Å². The number of pyridine rings is 1. The molecule has 4 N–H and O–H groups in total. The van der Waals surface area contributed by atoms with Crippen LogP contribution in [0.15, 0.2) is 114 Å². The van der Waals surface area contributed by atoms with Gasteiger partial charge in [-0.3, -0.25) is 24.7 Å². The van der Waals surface area contributed by atoms with Crippen molar-refractivity contribution < 1.29 is 38.8 Å². The zero-order valence-corrected chi connectivity index (χ0v) is 39.2. The van der Waals surface area contributed by atoms with Crippen molar-refractivity contribution in [2.24, 2.45) is 0 Å². The minimum atomic E-state index is -0.902. The van der Waals surface area contributed by atoms with Crippen LogP contribution in [0.4, 0.5) is 11.4 Å². The number of aliphatic hydroxyl groups is 1. The lowest BCUT2D eigenvalue weighted by molar-refractivity contribution is -0.138. The van der Waals surface area contributed by atoms with Gasteiger partial charge in [-0.1, -0.05) is 48.5 Å². The summed E-state index contributed by atoms with van der Waals surface area (Å²) >= 11 is 1.64. The van der Waals surface area contributed by atoms with E-state index < -0.39 is 12.2 Å². The molecule has 2 amide bonds. The molecule has 1 aliphatic heterocycles. The van der Waals surface area contributed by atoms with Gasteiger partial charge in [0, 0.05) is 66.4 Å². The summed E-state index contributed by atoms with van der Waals surface area (Å²) in [5.41, 5.74) is 8.89. The quantitative estimate of drug-likeness (QED) is 0.0266. The number of carbonyl (C=O) groups is 3. The first kappa shape index (κ1) is 49.3. The van der Waals surface area contributed by atoms with Gasteiger partial charge in [-0.2, -0.15) is 0 Å². The van der Waals surface area contributed by atoms with Crippen LogP contribution in [0.3, 0.4) is 0 Å². The van der Waals surface area contributed by atoms with Crippen LogP contribution < -0.4 is 15.5 Å². The molecular formula is C53H63N5O8S. The monoisotopic (exact) mass is 929 g/mol. The van der Waals surface area contributed by atoms with Crippen molar-refractivity contribution >= 4 is 40.9 Å². The van der Waals surface area contributed by atoms with E-state index in [-0.39, 0.29) is 37.3 Å². The summed E-state index contributed by atoms with van der Waals surface area (Å²) in [6.07, 6.45) is 7.60. The number of carbonyl (C=O) groups excluding carboxylic acids is 2. The Morgan fingerprint density at radius 3 is 2.40 bits per heavy atom. The molecule has 2 heterocycles. The number of nitrogens with one attached hydrogen (secondary N) is 2. The maximum atomic E-state index is 14.0. The van der Waals surface area contributed by atoms with Crippen LogP contribution in [-0.4, -0.2) is 104 Å². The molecule has 7 rings (SSSR count). The Morgan fingerprint density at radius 1 is 0.821 bits per heavy atom. The molecule has 67 heavy (non-hydrogen) atoms. The number of ether oxygens (including phenoxy) is 3. The number of hydrogen-bond donors (Lipinski definition) is 4. The number of aliphatic hydroxyl groups excluding tert-OH is 1. The lowest BCUT2D eigenvalue weighted by atomic mass is 9.87. The normalized spacial score (nSPS) is 15.1. The number of rotatable bonds is 24. The molecular weight excluding hydrogens is 867 g/mol. The van der Waals surface area contributed by atoms with Crippen molar-refractivity contribution in [1.82, 2.24) is 15.2 Å². The molecule has 0 spiro atoms. The van der Waals surface area contributed by atoms with Crippen LogP contribution >= 0.6 is 11.8 Å². The predicted octanol–water partition coefficient (Wildman–Crippen LogP) is 8.47. The fraction of sp³-hybridized carbons (Fsp3) is 0.396. The molecule has 14 heteroatoms. The average molecular weight is 930 g/mol. The summed E-state index contributed by atoms with van der Waals surface area (Å²) in [4.78, 5) is 47.4. The second kappa shape index (κ2) is 25.5. The lowest BCUT2D eigenvalue weighted by Gasteiger charge is -2.30. The molecule has 1 unspecified atom stereocenters. The molecule has 13 nitrogen and oxygen atoms in total. The Labute approximate surface area is 398 Å². The maximum absolute atomic E-state index is 14.0. The molecule has 1 fully saturated rings. The number of aryl methyl sites for hydroxylation is 1. The Hall–Kier alpha value is -5.61. The minimum Gasteiger partial charge on any atom is -0.481 e. The van der Waals surface area contributed by atoms with E-state index >= 15 is 0 Å². The van der Waals surface area contributed by atoms with E-state index in [2.05, 4.69) is 51.9 Å². The van der Waals surface area contributed by atoms with Gasteiger partial charge in [-0.05, 0) is 121 Å². The molecule has 0 radical (unpaired) electrons. The number of benzene rings is 4. The average Bonchev–Trinajstić information content (AvgIpc) is 3.35. The van der Waals surface area contributed by atoms with E-state index in [9.17, 15) is 19.5 Å². The minimum absolute atomic E-state index is 0.0113. The fourth-order valence-electron chi connectivity index (χ4n) is 8.43. The maximum Gasteiger partial charge on any atom is 0.305 e. The van der Waals surface area contributed by atoms with Gasteiger partial charge in [0.2, 0.25) is 5.91 Å². The Kier molecular flexibility index (Phi) is 18.8. The lowest BCUT2D eigenvalue weighted by Crippen LogP contribution is -2.31.